The van der Waals surface area contributed by atoms with Crippen molar-refractivity contribution in [2.75, 3.05) is 0 Å². The molecule has 0 radical (unpaired) electrons. The van der Waals surface area contributed by atoms with E-state index >= 15 is 0 Å². The van der Waals surface area contributed by atoms with E-state index in [0.29, 0.717) is 17.3 Å². The van der Waals surface area contributed by atoms with E-state index in [1.807, 2.05) is 0 Å². The smallest absolute Gasteiger partial charge is 0.138 e. The number of halogens is 3. The summed E-state index contributed by atoms with van der Waals surface area (Å²) >= 11 is 8.98. The Morgan fingerprint density at radius 1 is 1.47 bits per heavy atom. The highest BCUT2D eigenvalue weighted by Crippen LogP contribution is 2.26. The van der Waals surface area contributed by atoms with Gasteiger partial charge in [0, 0.05) is 21.9 Å². The number of hydrogen-bond acceptors (Lipinski definition) is 1. The molecule has 0 spiro atoms. The van der Waals surface area contributed by atoms with Crippen LogP contribution in [0.1, 0.15) is 5.69 Å². The second-order valence-corrected chi connectivity index (χ2v) is 4.14. The van der Waals surface area contributed by atoms with Crippen molar-refractivity contribution in [3.63, 3.8) is 0 Å². The van der Waals surface area contributed by atoms with Crippen molar-refractivity contribution < 1.29 is 4.39 Å². The molecule has 0 aliphatic heterocycles. The lowest BCUT2D eigenvalue weighted by atomic mass is 10.2. The van der Waals surface area contributed by atoms with E-state index < -0.39 is 0 Å². The van der Waals surface area contributed by atoms with E-state index in [4.69, 9.17) is 11.6 Å². The number of nitrogens with one attached hydrogen (secondary N) is 1. The topological polar surface area (TPSA) is 28.7 Å². The SMILES string of the molecule is Fc1ccc(Br)c(-c2ncc(CCl)[nH]2)c1. The number of aromatic amines is 1. The van der Waals surface area contributed by atoms with E-state index in [1.165, 1.54) is 12.1 Å². The molecule has 0 bridgehead atoms. The summed E-state index contributed by atoms with van der Waals surface area (Å²) < 4.78 is 13.8. The predicted molar refractivity (Wildman–Crippen MR) is 61.2 cm³/mol. The molecule has 1 aromatic heterocycles. The molecular weight excluding hydrogens is 282 g/mol. The van der Waals surface area contributed by atoms with Gasteiger partial charge in [-0.1, -0.05) is 15.9 Å². The Morgan fingerprint density at radius 3 is 2.93 bits per heavy atom. The monoisotopic (exact) mass is 288 g/mol. The van der Waals surface area contributed by atoms with Crippen LogP contribution in [0.3, 0.4) is 0 Å². The van der Waals surface area contributed by atoms with Crippen LogP contribution >= 0.6 is 27.5 Å². The van der Waals surface area contributed by atoms with Crippen LogP contribution in [0.5, 0.6) is 0 Å². The van der Waals surface area contributed by atoms with Gasteiger partial charge in [-0.25, -0.2) is 9.37 Å². The van der Waals surface area contributed by atoms with Crippen LogP contribution in [0.15, 0.2) is 28.9 Å². The number of alkyl halides is 1. The summed E-state index contributed by atoms with van der Waals surface area (Å²) in [4.78, 5) is 7.13. The van der Waals surface area contributed by atoms with Gasteiger partial charge >= 0.3 is 0 Å². The zero-order chi connectivity index (χ0) is 10.8. The summed E-state index contributed by atoms with van der Waals surface area (Å²) in [5.41, 5.74) is 1.49. The summed E-state index contributed by atoms with van der Waals surface area (Å²) in [6.45, 7) is 0. The van der Waals surface area contributed by atoms with E-state index in [0.717, 1.165) is 10.2 Å². The second-order valence-electron chi connectivity index (χ2n) is 3.01. The Balaban J connectivity index is 2.48. The van der Waals surface area contributed by atoms with Crippen LogP contribution in [0.25, 0.3) is 11.4 Å². The average Bonchev–Trinajstić information content (AvgIpc) is 2.70. The maximum atomic E-state index is 13.0. The molecule has 2 rings (SSSR count). The lowest BCUT2D eigenvalue weighted by molar-refractivity contribution is 0.628. The fourth-order valence-electron chi connectivity index (χ4n) is 1.24. The number of hydrogen-bond donors (Lipinski definition) is 1. The molecule has 1 N–H and O–H groups in total. The lowest BCUT2D eigenvalue weighted by Gasteiger charge is -2.00. The summed E-state index contributed by atoms with van der Waals surface area (Å²) in [5, 5.41) is 0. The van der Waals surface area contributed by atoms with Crippen molar-refractivity contribution in [1.82, 2.24) is 9.97 Å². The first-order valence-electron chi connectivity index (χ1n) is 4.26. The molecule has 0 unspecified atom stereocenters. The van der Waals surface area contributed by atoms with Gasteiger partial charge in [0.25, 0.3) is 0 Å². The third-order valence-corrected chi connectivity index (χ3v) is 2.94. The highest BCUT2D eigenvalue weighted by atomic mass is 79.9. The maximum Gasteiger partial charge on any atom is 0.138 e. The van der Waals surface area contributed by atoms with Gasteiger partial charge in [0.1, 0.15) is 11.6 Å². The van der Waals surface area contributed by atoms with Crippen molar-refractivity contribution in [1.29, 1.82) is 0 Å². The fraction of sp³-hybridized carbons (Fsp3) is 0.100. The molecule has 2 nitrogen and oxygen atoms in total. The van der Waals surface area contributed by atoms with E-state index in [2.05, 4.69) is 25.9 Å². The Kier molecular flexibility index (Phi) is 3.07. The van der Waals surface area contributed by atoms with Crippen LogP contribution in [-0.4, -0.2) is 9.97 Å². The summed E-state index contributed by atoms with van der Waals surface area (Å²) in [6, 6.07) is 4.45. The number of benzene rings is 1. The number of nitrogens with zero attached hydrogens (tertiary/aromatic N) is 1. The quantitative estimate of drug-likeness (QED) is 0.839. The lowest BCUT2D eigenvalue weighted by Crippen LogP contribution is -1.85. The first-order valence-corrected chi connectivity index (χ1v) is 5.58. The molecule has 78 valence electrons. The first kappa shape index (κ1) is 10.6. The molecule has 0 saturated carbocycles. The normalized spacial score (nSPS) is 10.6. The third kappa shape index (κ3) is 2.21. The van der Waals surface area contributed by atoms with Gasteiger partial charge in [0.15, 0.2) is 0 Å². The van der Waals surface area contributed by atoms with Gasteiger partial charge in [-0.15, -0.1) is 11.6 Å². The summed E-state index contributed by atoms with van der Waals surface area (Å²) in [5.74, 6) is 0.675. The van der Waals surface area contributed by atoms with Gasteiger partial charge in [0.2, 0.25) is 0 Å². The zero-order valence-electron chi connectivity index (χ0n) is 7.60. The Labute approximate surface area is 99.6 Å². The van der Waals surface area contributed by atoms with Gasteiger partial charge in [-0.2, -0.15) is 0 Å². The molecule has 0 aliphatic rings. The number of H-pyrrole nitrogens is 1. The van der Waals surface area contributed by atoms with E-state index in [1.54, 1.807) is 12.3 Å². The zero-order valence-corrected chi connectivity index (χ0v) is 9.94. The second kappa shape index (κ2) is 4.33. The van der Waals surface area contributed by atoms with Gasteiger partial charge in [-0.3, -0.25) is 0 Å². The van der Waals surface area contributed by atoms with E-state index in [-0.39, 0.29) is 5.82 Å². The molecular formula is C10H7BrClFN2. The minimum absolute atomic E-state index is 0.294. The molecule has 15 heavy (non-hydrogen) atoms. The third-order valence-electron chi connectivity index (χ3n) is 1.96. The minimum atomic E-state index is -0.294. The van der Waals surface area contributed by atoms with Crippen LogP contribution < -0.4 is 0 Å². The molecule has 0 aliphatic carbocycles. The average molecular weight is 290 g/mol. The fourth-order valence-corrected chi connectivity index (χ4v) is 1.81. The molecule has 0 fully saturated rings. The van der Waals surface area contributed by atoms with E-state index in [9.17, 15) is 4.39 Å². The van der Waals surface area contributed by atoms with Crippen molar-refractivity contribution in [2.45, 2.75) is 5.88 Å². The first-order chi connectivity index (χ1) is 7.20. The van der Waals surface area contributed by atoms with Crippen molar-refractivity contribution >= 4 is 27.5 Å². The van der Waals surface area contributed by atoms with Crippen molar-refractivity contribution in [3.05, 3.63) is 40.4 Å². The Bertz CT molecular complexity index is 484. The Hall–Kier alpha value is -0.870. The summed E-state index contributed by atoms with van der Waals surface area (Å²) in [7, 11) is 0. The van der Waals surface area contributed by atoms with Crippen LogP contribution in [-0.2, 0) is 5.88 Å². The summed E-state index contributed by atoms with van der Waals surface area (Å²) in [6.07, 6.45) is 1.64. The van der Waals surface area contributed by atoms with Crippen molar-refractivity contribution in [3.8, 4) is 11.4 Å². The molecule has 5 heteroatoms. The molecule has 0 saturated heterocycles. The van der Waals surface area contributed by atoms with Crippen LogP contribution in [0.4, 0.5) is 4.39 Å². The van der Waals surface area contributed by atoms with Crippen molar-refractivity contribution in [2.24, 2.45) is 0 Å². The highest BCUT2D eigenvalue weighted by molar-refractivity contribution is 9.10. The predicted octanol–water partition coefficient (Wildman–Crippen LogP) is 3.72. The molecule has 0 amide bonds. The van der Waals surface area contributed by atoms with Gasteiger partial charge in [-0.05, 0) is 18.2 Å². The highest BCUT2D eigenvalue weighted by Gasteiger charge is 2.08. The molecule has 1 heterocycles. The van der Waals surface area contributed by atoms with Crippen LogP contribution in [0, 0.1) is 5.82 Å². The van der Waals surface area contributed by atoms with Gasteiger partial charge < -0.3 is 4.98 Å². The number of imidazole rings is 1. The molecule has 0 atom stereocenters. The Morgan fingerprint density at radius 2 is 2.27 bits per heavy atom. The largest absolute Gasteiger partial charge is 0.341 e. The minimum Gasteiger partial charge on any atom is -0.341 e. The van der Waals surface area contributed by atoms with Gasteiger partial charge in [0.05, 0.1) is 5.88 Å². The maximum absolute atomic E-state index is 13.0. The van der Waals surface area contributed by atoms with Crippen LogP contribution in [0.2, 0.25) is 0 Å². The number of aromatic nitrogens is 2. The standard InChI is InChI=1S/C10H7BrClFN2/c11-9-2-1-6(13)3-8(9)10-14-5-7(4-12)15-10/h1-3,5H,4H2,(H,14,15). The number of rotatable bonds is 2. The molecule has 2 aromatic rings. The molecule has 1 aromatic carbocycles.